The van der Waals surface area contributed by atoms with Crippen LogP contribution in [0.1, 0.15) is 11.1 Å². The molecule has 148 valence electrons. The average molecular weight is 448 g/mol. The number of aromatic amines is 1. The SMILES string of the molecule is COc1cc(-c2nc(SC)[nH]c(=O)c2C#N)cc(Cl)c1OCc1ccccc1Cl. The summed E-state index contributed by atoms with van der Waals surface area (Å²) < 4.78 is 11.3. The fraction of sp³-hybridized carbons (Fsp3) is 0.150. The monoisotopic (exact) mass is 447 g/mol. The number of nitrogens with zero attached hydrogens (tertiary/aromatic N) is 2. The fourth-order valence-electron chi connectivity index (χ4n) is 2.62. The molecule has 6 nitrogen and oxygen atoms in total. The van der Waals surface area contributed by atoms with Crippen molar-refractivity contribution in [3.05, 3.63) is 67.9 Å². The summed E-state index contributed by atoms with van der Waals surface area (Å²) in [6.45, 7) is 0.193. The zero-order chi connectivity index (χ0) is 21.0. The molecule has 1 N–H and O–H groups in total. The summed E-state index contributed by atoms with van der Waals surface area (Å²) in [6.07, 6.45) is 1.77. The predicted octanol–water partition coefficient (Wildman–Crippen LogP) is 4.92. The van der Waals surface area contributed by atoms with Gasteiger partial charge in [0.15, 0.2) is 16.7 Å². The zero-order valence-electron chi connectivity index (χ0n) is 15.5. The Morgan fingerprint density at radius 2 is 2.00 bits per heavy atom. The van der Waals surface area contributed by atoms with E-state index < -0.39 is 5.56 Å². The van der Waals surface area contributed by atoms with Gasteiger partial charge in [0.05, 0.1) is 17.8 Å². The molecule has 0 aliphatic rings. The third-order valence-electron chi connectivity index (χ3n) is 4.04. The smallest absolute Gasteiger partial charge is 0.270 e. The molecule has 3 rings (SSSR count). The van der Waals surface area contributed by atoms with Crippen molar-refractivity contribution in [2.75, 3.05) is 13.4 Å². The van der Waals surface area contributed by atoms with E-state index in [-0.39, 0.29) is 22.9 Å². The Morgan fingerprint density at radius 1 is 1.24 bits per heavy atom. The first-order chi connectivity index (χ1) is 14.0. The van der Waals surface area contributed by atoms with Crippen LogP contribution in [0.5, 0.6) is 11.5 Å². The molecular formula is C20H15Cl2N3O3S. The van der Waals surface area contributed by atoms with E-state index in [1.807, 2.05) is 24.3 Å². The lowest BCUT2D eigenvalue weighted by Crippen LogP contribution is -2.14. The second-order valence-electron chi connectivity index (χ2n) is 5.78. The minimum atomic E-state index is -0.518. The first-order valence-corrected chi connectivity index (χ1v) is 10.3. The number of nitrogens with one attached hydrogen (secondary N) is 1. The summed E-state index contributed by atoms with van der Waals surface area (Å²) in [7, 11) is 1.47. The lowest BCUT2D eigenvalue weighted by molar-refractivity contribution is 0.285. The number of hydrogen-bond donors (Lipinski definition) is 1. The van der Waals surface area contributed by atoms with Crippen LogP contribution in [0.15, 0.2) is 46.3 Å². The molecule has 0 atom stereocenters. The van der Waals surface area contributed by atoms with E-state index in [1.54, 1.807) is 24.5 Å². The predicted molar refractivity (Wildman–Crippen MR) is 114 cm³/mol. The molecular weight excluding hydrogens is 433 g/mol. The molecule has 0 aliphatic carbocycles. The van der Waals surface area contributed by atoms with Gasteiger partial charge in [-0.05, 0) is 24.5 Å². The Labute approximate surface area is 181 Å². The van der Waals surface area contributed by atoms with Gasteiger partial charge in [0, 0.05) is 16.1 Å². The molecule has 29 heavy (non-hydrogen) atoms. The topological polar surface area (TPSA) is 88.0 Å². The van der Waals surface area contributed by atoms with Gasteiger partial charge >= 0.3 is 0 Å². The lowest BCUT2D eigenvalue weighted by Gasteiger charge is -2.15. The van der Waals surface area contributed by atoms with Gasteiger partial charge in [-0.3, -0.25) is 4.79 Å². The largest absolute Gasteiger partial charge is 0.493 e. The third-order valence-corrected chi connectivity index (χ3v) is 5.27. The Morgan fingerprint density at radius 3 is 2.66 bits per heavy atom. The molecule has 2 aromatic carbocycles. The van der Waals surface area contributed by atoms with Gasteiger partial charge in [0.25, 0.3) is 5.56 Å². The highest BCUT2D eigenvalue weighted by Crippen LogP contribution is 2.40. The van der Waals surface area contributed by atoms with E-state index in [1.165, 1.54) is 18.9 Å². The van der Waals surface area contributed by atoms with Crippen LogP contribution >= 0.6 is 35.0 Å². The number of aromatic nitrogens is 2. The number of ether oxygens (including phenoxy) is 2. The van der Waals surface area contributed by atoms with Crippen LogP contribution in [0.4, 0.5) is 0 Å². The van der Waals surface area contributed by atoms with Crippen LogP contribution in [-0.2, 0) is 6.61 Å². The number of H-pyrrole nitrogens is 1. The highest BCUT2D eigenvalue weighted by molar-refractivity contribution is 7.98. The number of methoxy groups -OCH3 is 1. The molecule has 3 aromatic rings. The number of hydrogen-bond acceptors (Lipinski definition) is 6. The standard InChI is InChI=1S/C20H15Cl2N3O3S/c1-27-16-8-12(17-13(9-23)19(26)25-20(24-17)29-2)7-15(22)18(16)28-10-11-5-3-4-6-14(11)21/h3-8H,10H2,1-2H3,(H,24,25,26). The van der Waals surface area contributed by atoms with Crippen LogP contribution < -0.4 is 15.0 Å². The molecule has 0 unspecified atom stereocenters. The van der Waals surface area contributed by atoms with Gasteiger partial charge in [-0.25, -0.2) is 4.98 Å². The van der Waals surface area contributed by atoms with Crippen molar-refractivity contribution in [2.24, 2.45) is 0 Å². The Bertz CT molecular complexity index is 1160. The Balaban J connectivity index is 2.04. The maximum atomic E-state index is 12.2. The summed E-state index contributed by atoms with van der Waals surface area (Å²) in [4.78, 5) is 19.1. The molecule has 0 radical (unpaired) electrons. The van der Waals surface area contributed by atoms with Crippen molar-refractivity contribution in [3.63, 3.8) is 0 Å². The molecule has 9 heteroatoms. The van der Waals surface area contributed by atoms with Crippen molar-refractivity contribution in [1.82, 2.24) is 9.97 Å². The molecule has 0 spiro atoms. The number of rotatable bonds is 6. The van der Waals surface area contributed by atoms with Gasteiger partial charge in [-0.1, -0.05) is 53.2 Å². The van der Waals surface area contributed by atoms with Crippen LogP contribution in [0.3, 0.4) is 0 Å². The zero-order valence-corrected chi connectivity index (χ0v) is 17.8. The maximum Gasteiger partial charge on any atom is 0.270 e. The van der Waals surface area contributed by atoms with Gasteiger partial charge in [0.1, 0.15) is 18.2 Å². The van der Waals surface area contributed by atoms with Crippen LogP contribution in [0, 0.1) is 11.3 Å². The fourth-order valence-corrected chi connectivity index (χ4v) is 3.46. The van der Waals surface area contributed by atoms with Gasteiger partial charge in [-0.15, -0.1) is 0 Å². The van der Waals surface area contributed by atoms with E-state index in [4.69, 9.17) is 32.7 Å². The first-order valence-electron chi connectivity index (χ1n) is 8.31. The quantitative estimate of drug-likeness (QED) is 0.425. The highest BCUT2D eigenvalue weighted by Gasteiger charge is 2.19. The van der Waals surface area contributed by atoms with E-state index in [9.17, 15) is 10.1 Å². The molecule has 0 bridgehead atoms. The van der Waals surface area contributed by atoms with Gasteiger partial charge in [0.2, 0.25) is 0 Å². The number of nitriles is 1. The van der Waals surface area contributed by atoms with Crippen molar-refractivity contribution in [1.29, 1.82) is 5.26 Å². The van der Waals surface area contributed by atoms with Crippen molar-refractivity contribution < 1.29 is 9.47 Å². The van der Waals surface area contributed by atoms with E-state index in [0.717, 1.165) is 5.56 Å². The van der Waals surface area contributed by atoms with Crippen molar-refractivity contribution >= 4 is 35.0 Å². The highest BCUT2D eigenvalue weighted by atomic mass is 35.5. The summed E-state index contributed by atoms with van der Waals surface area (Å²) in [5, 5.41) is 10.6. The van der Waals surface area contributed by atoms with E-state index in [2.05, 4.69) is 9.97 Å². The van der Waals surface area contributed by atoms with Gasteiger partial charge in [-0.2, -0.15) is 5.26 Å². The summed E-state index contributed by atoms with van der Waals surface area (Å²) in [5.74, 6) is 0.669. The third kappa shape index (κ3) is 4.51. The molecule has 0 fully saturated rings. The Hall–Kier alpha value is -2.66. The van der Waals surface area contributed by atoms with Crippen LogP contribution in [-0.4, -0.2) is 23.3 Å². The molecule has 0 saturated carbocycles. The Kier molecular flexibility index (Phi) is 6.70. The molecule has 0 amide bonds. The molecule has 1 heterocycles. The minimum Gasteiger partial charge on any atom is -0.493 e. The molecule has 1 aromatic heterocycles. The van der Waals surface area contributed by atoms with Crippen molar-refractivity contribution in [2.45, 2.75) is 11.8 Å². The van der Waals surface area contributed by atoms with E-state index in [0.29, 0.717) is 27.2 Å². The number of thioether (sulfide) groups is 1. The van der Waals surface area contributed by atoms with Crippen molar-refractivity contribution in [3.8, 4) is 28.8 Å². The second kappa shape index (κ2) is 9.23. The summed E-state index contributed by atoms with van der Waals surface area (Å²) >= 11 is 13.9. The minimum absolute atomic E-state index is 0.106. The summed E-state index contributed by atoms with van der Waals surface area (Å²) in [6, 6.07) is 12.4. The average Bonchev–Trinajstić information content (AvgIpc) is 2.72. The molecule has 0 saturated heterocycles. The van der Waals surface area contributed by atoms with Crippen LogP contribution in [0.2, 0.25) is 10.0 Å². The number of benzene rings is 2. The first kappa shape index (κ1) is 21.1. The second-order valence-corrected chi connectivity index (χ2v) is 7.39. The summed E-state index contributed by atoms with van der Waals surface area (Å²) in [5.41, 5.74) is 0.860. The molecule has 0 aliphatic heterocycles. The number of halogens is 2. The lowest BCUT2D eigenvalue weighted by atomic mass is 10.1. The van der Waals surface area contributed by atoms with E-state index >= 15 is 0 Å². The normalized spacial score (nSPS) is 10.4. The maximum absolute atomic E-state index is 12.2. The van der Waals surface area contributed by atoms with Crippen LogP contribution in [0.25, 0.3) is 11.3 Å². The van der Waals surface area contributed by atoms with Gasteiger partial charge < -0.3 is 14.5 Å².